The highest BCUT2D eigenvalue weighted by Crippen LogP contribution is 2.57. The number of thiophene rings is 1. The second-order valence-electron chi connectivity index (χ2n) is 14.2. The van der Waals surface area contributed by atoms with E-state index in [-0.39, 0.29) is 5.41 Å². The van der Waals surface area contributed by atoms with Crippen LogP contribution >= 0.6 is 11.3 Å². The smallest absolute Gasteiger partial charge is 0.0555 e. The molecule has 244 valence electrons. The lowest BCUT2D eigenvalue weighted by molar-refractivity contribution is 0.715. The van der Waals surface area contributed by atoms with Crippen molar-refractivity contribution in [2.45, 2.75) is 12.3 Å². The molecule has 0 saturated heterocycles. The van der Waals surface area contributed by atoms with Crippen LogP contribution in [0.2, 0.25) is 0 Å². The Bertz CT molecular complexity index is 2880. The van der Waals surface area contributed by atoms with Gasteiger partial charge in [-0.05, 0) is 105 Å². The van der Waals surface area contributed by atoms with Crippen molar-refractivity contribution in [1.82, 2.24) is 0 Å². The van der Waals surface area contributed by atoms with Gasteiger partial charge in [-0.25, -0.2) is 0 Å². The summed E-state index contributed by atoms with van der Waals surface area (Å²) in [5.74, 6) is 0. The van der Waals surface area contributed by atoms with Crippen molar-refractivity contribution in [1.29, 1.82) is 0 Å². The van der Waals surface area contributed by atoms with Crippen LogP contribution in [0.5, 0.6) is 0 Å². The molecule has 1 unspecified atom stereocenters. The Morgan fingerprint density at radius 2 is 1.04 bits per heavy atom. The van der Waals surface area contributed by atoms with Gasteiger partial charge in [0, 0.05) is 36.8 Å². The second-order valence-corrected chi connectivity index (χ2v) is 15.3. The summed E-state index contributed by atoms with van der Waals surface area (Å²) in [6.07, 6.45) is 0. The number of fused-ring (bicyclic) bond motifs is 6. The predicted octanol–water partition coefficient (Wildman–Crippen LogP) is 14.2. The minimum Gasteiger partial charge on any atom is -0.309 e. The van der Waals surface area contributed by atoms with Gasteiger partial charge in [0.05, 0.1) is 11.4 Å². The number of hydrogen-bond acceptors (Lipinski definition) is 2. The normalized spacial score (nSPS) is 15.4. The summed E-state index contributed by atoms with van der Waals surface area (Å²) in [4.78, 5) is 2.53. The molecule has 0 fully saturated rings. The summed E-state index contributed by atoms with van der Waals surface area (Å²) < 4.78 is 2.63. The van der Waals surface area contributed by atoms with Crippen LogP contribution in [0.15, 0.2) is 182 Å². The first kappa shape index (κ1) is 29.5. The third kappa shape index (κ3) is 4.10. The van der Waals surface area contributed by atoms with Gasteiger partial charge in [-0.1, -0.05) is 140 Å². The molecule has 11 rings (SSSR count). The lowest BCUT2D eigenvalue weighted by atomic mass is 9.73. The van der Waals surface area contributed by atoms with Crippen LogP contribution in [0.25, 0.3) is 64.7 Å². The molecule has 2 heteroatoms. The molecule has 1 aliphatic heterocycles. The van der Waals surface area contributed by atoms with Gasteiger partial charge in [0.15, 0.2) is 0 Å². The second kappa shape index (κ2) is 11.1. The number of rotatable bonds is 4. The van der Waals surface area contributed by atoms with Gasteiger partial charge < -0.3 is 4.90 Å². The fraction of sp³-hybridized carbons (Fsp3) is 0.0400. The van der Waals surface area contributed by atoms with E-state index in [9.17, 15) is 0 Å². The average Bonchev–Trinajstić information content (AvgIpc) is 3.71. The van der Waals surface area contributed by atoms with Crippen LogP contribution in [-0.2, 0) is 5.41 Å². The van der Waals surface area contributed by atoms with Crippen LogP contribution in [0, 0.1) is 0 Å². The van der Waals surface area contributed by atoms with E-state index < -0.39 is 0 Å². The Morgan fingerprint density at radius 3 is 1.85 bits per heavy atom. The zero-order valence-electron chi connectivity index (χ0n) is 28.7. The number of nitrogens with zero attached hydrogens (tertiary/aromatic N) is 1. The van der Waals surface area contributed by atoms with Crippen molar-refractivity contribution >= 4 is 48.6 Å². The van der Waals surface area contributed by atoms with Crippen molar-refractivity contribution in [3.8, 4) is 44.5 Å². The fourth-order valence-electron chi connectivity index (χ4n) is 9.08. The molecule has 2 aliphatic rings. The van der Waals surface area contributed by atoms with Gasteiger partial charge in [-0.2, -0.15) is 0 Å². The van der Waals surface area contributed by atoms with Crippen LogP contribution in [0.1, 0.15) is 23.6 Å². The van der Waals surface area contributed by atoms with Gasteiger partial charge in [0.1, 0.15) is 0 Å². The van der Waals surface area contributed by atoms with E-state index in [4.69, 9.17) is 0 Å². The summed E-state index contributed by atoms with van der Waals surface area (Å²) in [6.45, 7) is 2.43. The van der Waals surface area contributed by atoms with Crippen LogP contribution in [0.3, 0.4) is 0 Å². The molecule has 8 aromatic carbocycles. The highest BCUT2D eigenvalue weighted by Gasteiger charge is 2.42. The molecule has 0 spiro atoms. The Kier molecular flexibility index (Phi) is 6.32. The predicted molar refractivity (Wildman–Crippen MR) is 221 cm³/mol. The lowest BCUT2D eigenvalue weighted by Gasteiger charge is -2.33. The molecule has 0 N–H and O–H groups in total. The van der Waals surface area contributed by atoms with E-state index in [0.29, 0.717) is 0 Å². The maximum Gasteiger partial charge on any atom is 0.0555 e. The molecular formula is C50H33NS. The molecular weight excluding hydrogens is 647 g/mol. The van der Waals surface area contributed by atoms with E-state index in [2.05, 4.69) is 194 Å². The van der Waals surface area contributed by atoms with Crippen molar-refractivity contribution in [2.24, 2.45) is 0 Å². The van der Waals surface area contributed by atoms with E-state index in [1.165, 1.54) is 92.7 Å². The molecule has 1 aromatic heterocycles. The van der Waals surface area contributed by atoms with E-state index in [1.54, 1.807) is 0 Å². The van der Waals surface area contributed by atoms with Crippen LogP contribution in [-0.4, -0.2) is 0 Å². The van der Waals surface area contributed by atoms with E-state index in [0.717, 1.165) is 5.69 Å². The van der Waals surface area contributed by atoms with Gasteiger partial charge >= 0.3 is 0 Å². The van der Waals surface area contributed by atoms with Crippen molar-refractivity contribution in [3.63, 3.8) is 0 Å². The topological polar surface area (TPSA) is 3.24 Å². The first-order valence-corrected chi connectivity index (χ1v) is 18.8. The first-order chi connectivity index (χ1) is 25.7. The van der Waals surface area contributed by atoms with Gasteiger partial charge in [-0.3, -0.25) is 0 Å². The van der Waals surface area contributed by atoms with Crippen LogP contribution < -0.4 is 4.90 Å². The molecule has 0 saturated carbocycles. The van der Waals surface area contributed by atoms with Gasteiger partial charge in [0.25, 0.3) is 0 Å². The molecule has 1 aliphatic carbocycles. The molecule has 0 radical (unpaired) electrons. The molecule has 9 aromatic rings. The molecule has 1 atom stereocenters. The van der Waals surface area contributed by atoms with E-state index >= 15 is 0 Å². The van der Waals surface area contributed by atoms with Crippen LogP contribution in [0.4, 0.5) is 17.1 Å². The highest BCUT2D eigenvalue weighted by molar-refractivity contribution is 7.26. The SMILES string of the molecule is CC12c3ccc4sc5cccc(c5c4c3)N(c3ccccc3-c3ccccc3-c3ccccc3-c3ccccc3)c3ccc(c1c3)-c1ccccc12. The van der Waals surface area contributed by atoms with Crippen molar-refractivity contribution in [3.05, 3.63) is 199 Å². The molecule has 1 nitrogen and oxygen atoms in total. The zero-order chi connectivity index (χ0) is 34.4. The van der Waals surface area contributed by atoms with Crippen molar-refractivity contribution < 1.29 is 0 Å². The lowest BCUT2D eigenvalue weighted by Crippen LogP contribution is -2.23. The summed E-state index contributed by atoms with van der Waals surface area (Å²) >= 11 is 1.89. The van der Waals surface area contributed by atoms with E-state index in [1.807, 2.05) is 11.3 Å². The Morgan fingerprint density at radius 1 is 0.423 bits per heavy atom. The first-order valence-electron chi connectivity index (χ1n) is 18.0. The number of para-hydroxylation sites is 1. The molecule has 2 heterocycles. The highest BCUT2D eigenvalue weighted by atomic mass is 32.1. The summed E-state index contributed by atoms with van der Waals surface area (Å²) in [7, 11) is 0. The zero-order valence-corrected chi connectivity index (χ0v) is 29.5. The maximum atomic E-state index is 2.53. The summed E-state index contributed by atoms with van der Waals surface area (Å²) in [5.41, 5.74) is 17.3. The average molecular weight is 680 g/mol. The maximum absolute atomic E-state index is 2.53. The summed E-state index contributed by atoms with van der Waals surface area (Å²) in [5, 5.41) is 2.63. The standard InChI is InChI=1S/C50H33NS/c1-50-33-26-29-47-42(30-33)49-46(24-13-25-48(49)52-47)51(34-27-28-40(44(50)31-34)39-20-9-11-22-43(39)50)45-23-12-10-21-41(45)38-19-8-7-18-37(38)36-17-6-5-16-35(36)32-14-3-2-4-15-32/h2-31H,1H3. The number of hydrogen-bond donors (Lipinski definition) is 0. The Hall–Kier alpha value is -6.22. The minimum absolute atomic E-state index is 0.282. The summed E-state index contributed by atoms with van der Waals surface area (Å²) in [6, 6.07) is 67.7. The van der Waals surface area contributed by atoms with Crippen molar-refractivity contribution in [2.75, 3.05) is 4.90 Å². The minimum atomic E-state index is -0.282. The largest absolute Gasteiger partial charge is 0.309 e. The quantitative estimate of drug-likeness (QED) is 0.179. The Balaban J connectivity index is 1.21. The van der Waals surface area contributed by atoms with Gasteiger partial charge in [0.2, 0.25) is 0 Å². The Labute approximate surface area is 307 Å². The third-order valence-electron chi connectivity index (χ3n) is 11.5. The molecule has 4 bridgehead atoms. The fourth-order valence-corrected chi connectivity index (χ4v) is 10.2. The third-order valence-corrected chi connectivity index (χ3v) is 12.6. The number of benzene rings is 8. The molecule has 0 amide bonds. The number of anilines is 3. The monoisotopic (exact) mass is 679 g/mol. The molecule has 52 heavy (non-hydrogen) atoms. The van der Waals surface area contributed by atoms with Gasteiger partial charge in [-0.15, -0.1) is 11.3 Å².